The molecule has 3 aromatic rings. The zero-order valence-electron chi connectivity index (χ0n) is 11.4. The summed E-state index contributed by atoms with van der Waals surface area (Å²) in [5.41, 5.74) is 8.71. The van der Waals surface area contributed by atoms with Gasteiger partial charge in [0.25, 0.3) is 5.88 Å². The molecule has 0 fully saturated rings. The standard InChI is InChI=1S/C15H17N4O/c1-18-9-5-12(6-10-18)7-11-20-15-14(16)13-4-2-3-8-19(13)17-15/h2-6,8-10H,7,11,16H2,1H3/q+1. The number of fused-ring (bicyclic) bond motifs is 1. The number of pyridine rings is 2. The molecule has 0 aliphatic carbocycles. The molecule has 0 aliphatic rings. The van der Waals surface area contributed by atoms with Crippen molar-refractivity contribution in [2.45, 2.75) is 6.42 Å². The van der Waals surface area contributed by atoms with E-state index in [0.29, 0.717) is 18.2 Å². The van der Waals surface area contributed by atoms with Crippen LogP contribution < -0.4 is 15.0 Å². The van der Waals surface area contributed by atoms with Crippen LogP contribution in [-0.4, -0.2) is 16.2 Å². The molecule has 5 heteroatoms. The fourth-order valence-electron chi connectivity index (χ4n) is 2.07. The Bertz CT molecular complexity index is 718. The Labute approximate surface area is 117 Å². The van der Waals surface area contributed by atoms with Gasteiger partial charge in [-0.15, -0.1) is 5.10 Å². The van der Waals surface area contributed by atoms with E-state index in [1.807, 2.05) is 48.4 Å². The first-order valence-electron chi connectivity index (χ1n) is 6.54. The smallest absolute Gasteiger partial charge is 0.257 e. The molecule has 0 amide bonds. The fourth-order valence-corrected chi connectivity index (χ4v) is 2.07. The van der Waals surface area contributed by atoms with Crippen LogP contribution in [0.25, 0.3) is 5.52 Å². The van der Waals surface area contributed by atoms with Gasteiger partial charge >= 0.3 is 0 Å². The number of nitrogens with two attached hydrogens (primary N) is 1. The molecule has 102 valence electrons. The largest absolute Gasteiger partial charge is 0.475 e. The lowest BCUT2D eigenvalue weighted by Crippen LogP contribution is -2.26. The fraction of sp³-hybridized carbons (Fsp3) is 0.200. The summed E-state index contributed by atoms with van der Waals surface area (Å²) >= 11 is 0. The number of nitrogens with zero attached hydrogens (tertiary/aromatic N) is 3. The normalized spacial score (nSPS) is 10.8. The second kappa shape index (κ2) is 5.21. The van der Waals surface area contributed by atoms with E-state index >= 15 is 0 Å². The number of aryl methyl sites for hydroxylation is 1. The summed E-state index contributed by atoms with van der Waals surface area (Å²) < 4.78 is 9.43. The van der Waals surface area contributed by atoms with E-state index in [-0.39, 0.29) is 0 Å². The molecule has 0 aliphatic heterocycles. The lowest BCUT2D eigenvalue weighted by atomic mass is 10.2. The van der Waals surface area contributed by atoms with Crippen molar-refractivity contribution in [3.63, 3.8) is 0 Å². The highest BCUT2D eigenvalue weighted by molar-refractivity contribution is 5.74. The second-order valence-corrected chi connectivity index (χ2v) is 4.72. The molecule has 2 N–H and O–H groups in total. The van der Waals surface area contributed by atoms with Crippen molar-refractivity contribution in [1.29, 1.82) is 0 Å². The van der Waals surface area contributed by atoms with Crippen LogP contribution in [0, 0.1) is 0 Å². The molecule has 3 heterocycles. The topological polar surface area (TPSA) is 56.4 Å². The average molecular weight is 269 g/mol. The van der Waals surface area contributed by atoms with Crippen LogP contribution in [-0.2, 0) is 13.5 Å². The van der Waals surface area contributed by atoms with Gasteiger partial charge in [0.2, 0.25) is 0 Å². The minimum Gasteiger partial charge on any atom is -0.475 e. The van der Waals surface area contributed by atoms with Crippen molar-refractivity contribution in [2.24, 2.45) is 7.05 Å². The third kappa shape index (κ3) is 2.42. The maximum Gasteiger partial charge on any atom is 0.257 e. The van der Waals surface area contributed by atoms with Gasteiger partial charge in [-0.1, -0.05) is 6.07 Å². The molecule has 0 saturated carbocycles. The van der Waals surface area contributed by atoms with Gasteiger partial charge in [0.15, 0.2) is 12.4 Å². The Morgan fingerprint density at radius 3 is 2.80 bits per heavy atom. The minimum atomic E-state index is 0.498. The Kier molecular flexibility index (Phi) is 3.25. The van der Waals surface area contributed by atoms with Crippen LogP contribution >= 0.6 is 0 Å². The van der Waals surface area contributed by atoms with E-state index in [2.05, 4.69) is 17.2 Å². The van der Waals surface area contributed by atoms with Crippen LogP contribution in [0.2, 0.25) is 0 Å². The summed E-state index contributed by atoms with van der Waals surface area (Å²) in [5, 5.41) is 4.32. The number of rotatable bonds is 4. The van der Waals surface area contributed by atoms with Crippen LogP contribution in [0.5, 0.6) is 5.88 Å². The molecular formula is C15H17N4O+. The molecule has 0 aromatic carbocycles. The van der Waals surface area contributed by atoms with Crippen molar-refractivity contribution < 1.29 is 9.30 Å². The molecule has 0 bridgehead atoms. The Morgan fingerprint density at radius 1 is 1.25 bits per heavy atom. The van der Waals surface area contributed by atoms with Crippen LogP contribution in [0.1, 0.15) is 5.56 Å². The van der Waals surface area contributed by atoms with Gasteiger partial charge in [-0.2, -0.15) is 0 Å². The summed E-state index contributed by atoms with van der Waals surface area (Å²) in [6.07, 6.45) is 6.73. The van der Waals surface area contributed by atoms with E-state index < -0.39 is 0 Å². The van der Waals surface area contributed by atoms with Crippen LogP contribution in [0.3, 0.4) is 0 Å². The van der Waals surface area contributed by atoms with Crippen LogP contribution in [0.4, 0.5) is 5.69 Å². The lowest BCUT2D eigenvalue weighted by molar-refractivity contribution is -0.671. The molecule has 5 nitrogen and oxygen atoms in total. The summed E-state index contributed by atoms with van der Waals surface area (Å²) in [5.74, 6) is 0.498. The highest BCUT2D eigenvalue weighted by Crippen LogP contribution is 2.24. The van der Waals surface area contributed by atoms with Gasteiger partial charge in [-0.05, 0) is 17.7 Å². The first kappa shape index (κ1) is 12.5. The van der Waals surface area contributed by atoms with Gasteiger partial charge < -0.3 is 10.5 Å². The second-order valence-electron chi connectivity index (χ2n) is 4.72. The number of ether oxygens (including phenoxy) is 1. The molecule has 3 rings (SSSR count). The molecule has 3 aromatic heterocycles. The van der Waals surface area contributed by atoms with Gasteiger partial charge in [-0.25, -0.2) is 9.08 Å². The Morgan fingerprint density at radius 2 is 2.05 bits per heavy atom. The van der Waals surface area contributed by atoms with E-state index in [4.69, 9.17) is 10.5 Å². The summed E-state index contributed by atoms with van der Waals surface area (Å²) in [6.45, 7) is 0.557. The third-order valence-corrected chi connectivity index (χ3v) is 3.22. The third-order valence-electron chi connectivity index (χ3n) is 3.22. The molecule has 20 heavy (non-hydrogen) atoms. The molecular weight excluding hydrogens is 252 g/mol. The van der Waals surface area contributed by atoms with Gasteiger partial charge in [0.1, 0.15) is 12.7 Å². The maximum atomic E-state index is 6.03. The summed E-state index contributed by atoms with van der Waals surface area (Å²) in [4.78, 5) is 0. The van der Waals surface area contributed by atoms with E-state index in [9.17, 15) is 0 Å². The number of anilines is 1. The number of nitrogen functional groups attached to an aromatic ring is 1. The van der Waals surface area contributed by atoms with Crippen molar-refractivity contribution in [3.8, 4) is 5.88 Å². The van der Waals surface area contributed by atoms with Gasteiger partial charge in [0.05, 0.1) is 12.1 Å². The highest BCUT2D eigenvalue weighted by atomic mass is 16.5. The molecule has 0 unspecified atom stereocenters. The first-order valence-corrected chi connectivity index (χ1v) is 6.54. The Hall–Kier alpha value is -2.56. The van der Waals surface area contributed by atoms with Crippen molar-refractivity contribution in [2.75, 3.05) is 12.3 Å². The predicted molar refractivity (Wildman–Crippen MR) is 76.4 cm³/mol. The monoisotopic (exact) mass is 269 g/mol. The number of aromatic nitrogens is 3. The zero-order valence-corrected chi connectivity index (χ0v) is 11.4. The minimum absolute atomic E-state index is 0.498. The average Bonchev–Trinajstić information content (AvgIpc) is 2.78. The quantitative estimate of drug-likeness (QED) is 0.728. The van der Waals surface area contributed by atoms with Crippen molar-refractivity contribution >= 4 is 11.2 Å². The summed E-state index contributed by atoms with van der Waals surface area (Å²) in [6, 6.07) is 9.92. The van der Waals surface area contributed by atoms with Crippen molar-refractivity contribution in [1.82, 2.24) is 9.61 Å². The molecule has 0 radical (unpaired) electrons. The Balaban J connectivity index is 1.68. The number of hydrogen-bond donors (Lipinski definition) is 1. The van der Waals surface area contributed by atoms with Crippen LogP contribution in [0.15, 0.2) is 48.9 Å². The zero-order chi connectivity index (χ0) is 13.9. The first-order chi connectivity index (χ1) is 9.74. The van der Waals surface area contributed by atoms with E-state index in [1.165, 1.54) is 5.56 Å². The van der Waals surface area contributed by atoms with E-state index in [0.717, 1.165) is 11.9 Å². The maximum absolute atomic E-state index is 6.03. The predicted octanol–water partition coefficient (Wildman–Crippen LogP) is 1.36. The SMILES string of the molecule is C[n+]1ccc(CCOc2nn3ccccc3c2N)cc1. The van der Waals surface area contributed by atoms with E-state index in [1.54, 1.807) is 4.52 Å². The van der Waals surface area contributed by atoms with Gasteiger partial charge in [-0.3, -0.25) is 0 Å². The molecule has 0 atom stereocenters. The summed E-state index contributed by atoms with van der Waals surface area (Å²) in [7, 11) is 2.00. The number of hydrogen-bond acceptors (Lipinski definition) is 3. The highest BCUT2D eigenvalue weighted by Gasteiger charge is 2.10. The van der Waals surface area contributed by atoms with Gasteiger partial charge in [0, 0.05) is 24.8 Å². The molecule has 0 saturated heterocycles. The molecule has 0 spiro atoms. The van der Waals surface area contributed by atoms with Crippen molar-refractivity contribution in [3.05, 3.63) is 54.5 Å². The lowest BCUT2D eigenvalue weighted by Gasteiger charge is -2.03.